The molecule has 0 aromatic heterocycles. The van der Waals surface area contributed by atoms with Gasteiger partial charge >= 0.3 is 5.97 Å². The Morgan fingerprint density at radius 2 is 2.10 bits per heavy atom. The number of benzene rings is 1. The molecule has 0 fully saturated rings. The number of carbonyl (C=O) groups excluding carboxylic acids is 1. The lowest BCUT2D eigenvalue weighted by atomic mass is 10.0. The summed E-state index contributed by atoms with van der Waals surface area (Å²) >= 11 is 1.09. The number of hydrogen-bond donors (Lipinski definition) is 1. The molecule has 0 aliphatic heterocycles. The summed E-state index contributed by atoms with van der Waals surface area (Å²) in [4.78, 5) is 12.3. The lowest BCUT2D eigenvalue weighted by Crippen LogP contribution is -2.55. The Balaban J connectivity index is 2.86. The number of rotatable bonds is 7. The second kappa shape index (κ2) is 7.75. The van der Waals surface area contributed by atoms with E-state index in [4.69, 9.17) is 4.74 Å². The van der Waals surface area contributed by atoms with Gasteiger partial charge in [-0.3, -0.25) is 10.1 Å². The maximum atomic E-state index is 13.6. The summed E-state index contributed by atoms with van der Waals surface area (Å²) in [7, 11) is 0. The minimum absolute atomic E-state index is 0.0531. The highest BCUT2D eigenvalue weighted by molar-refractivity contribution is 7.99. The number of nitrogens with one attached hydrogen (secondary N) is 1. The van der Waals surface area contributed by atoms with Crippen molar-refractivity contribution in [2.45, 2.75) is 44.2 Å². The molecule has 1 atom stereocenters. The average molecular weight is 317 g/mol. The first-order valence-corrected chi connectivity index (χ1v) is 7.80. The van der Waals surface area contributed by atoms with Crippen molar-refractivity contribution in [3.8, 4) is 0 Å². The minimum Gasteiger partial charge on any atom is -0.465 e. The topological polar surface area (TPSA) is 38.3 Å². The highest BCUT2D eigenvalue weighted by Gasteiger charge is 2.35. The molecule has 0 aliphatic rings. The molecule has 0 amide bonds. The van der Waals surface area contributed by atoms with Crippen molar-refractivity contribution >= 4 is 17.7 Å². The molecule has 3 nitrogen and oxygen atoms in total. The quantitative estimate of drug-likeness (QED) is 0.618. The van der Waals surface area contributed by atoms with Gasteiger partial charge in [-0.25, -0.2) is 8.78 Å². The second-order valence-corrected chi connectivity index (χ2v) is 6.23. The van der Waals surface area contributed by atoms with Gasteiger partial charge in [0, 0.05) is 16.7 Å². The third kappa shape index (κ3) is 5.28. The predicted molar refractivity (Wildman–Crippen MR) is 80.4 cm³/mol. The fraction of sp³-hybridized carbons (Fsp3) is 0.533. The van der Waals surface area contributed by atoms with Gasteiger partial charge in [-0.05, 0) is 45.9 Å². The molecule has 0 bridgehead atoms. The maximum Gasteiger partial charge on any atom is 0.326 e. The minimum atomic E-state index is -0.965. The smallest absolute Gasteiger partial charge is 0.326 e. The summed E-state index contributed by atoms with van der Waals surface area (Å²) in [6.07, 6.45) is 0. The van der Waals surface area contributed by atoms with Crippen LogP contribution in [-0.2, 0) is 9.53 Å². The van der Waals surface area contributed by atoms with Crippen molar-refractivity contribution in [1.29, 1.82) is 0 Å². The largest absolute Gasteiger partial charge is 0.465 e. The van der Waals surface area contributed by atoms with E-state index in [-0.39, 0.29) is 23.3 Å². The first-order valence-electron chi connectivity index (χ1n) is 6.81. The van der Waals surface area contributed by atoms with Crippen LogP contribution < -0.4 is 5.32 Å². The number of thioether (sulfide) groups is 1. The normalized spacial score (nSPS) is 14.0. The zero-order valence-corrected chi connectivity index (χ0v) is 13.5. The van der Waals surface area contributed by atoms with Crippen LogP contribution in [0.4, 0.5) is 8.78 Å². The summed E-state index contributed by atoms with van der Waals surface area (Å²) in [6, 6.07) is 3.32. The molecule has 0 radical (unpaired) electrons. The summed E-state index contributed by atoms with van der Waals surface area (Å²) in [5.41, 5.74) is -0.965. The summed E-state index contributed by atoms with van der Waals surface area (Å²) in [5, 5.41) is 3.13. The molecule has 0 spiro atoms. The first kappa shape index (κ1) is 17.9. The van der Waals surface area contributed by atoms with Gasteiger partial charge in [0.1, 0.15) is 17.2 Å². The molecule has 0 aliphatic carbocycles. The van der Waals surface area contributed by atoms with E-state index in [2.05, 4.69) is 5.32 Å². The Kier molecular flexibility index (Phi) is 6.61. The zero-order valence-electron chi connectivity index (χ0n) is 12.7. The molecule has 1 unspecified atom stereocenters. The number of halogens is 2. The van der Waals surface area contributed by atoms with Crippen LogP contribution in [0.5, 0.6) is 0 Å². The van der Waals surface area contributed by atoms with Crippen molar-refractivity contribution in [3.63, 3.8) is 0 Å². The van der Waals surface area contributed by atoms with Gasteiger partial charge < -0.3 is 4.74 Å². The number of ether oxygens (including phenoxy) is 1. The van der Waals surface area contributed by atoms with Gasteiger partial charge in [-0.2, -0.15) is 0 Å². The lowest BCUT2D eigenvalue weighted by molar-refractivity contribution is -0.149. The monoisotopic (exact) mass is 317 g/mol. The van der Waals surface area contributed by atoms with E-state index in [1.165, 1.54) is 0 Å². The van der Waals surface area contributed by atoms with Crippen molar-refractivity contribution in [1.82, 2.24) is 5.32 Å². The molecular weight excluding hydrogens is 296 g/mol. The number of esters is 1. The molecule has 0 saturated carbocycles. The molecule has 1 aromatic carbocycles. The van der Waals surface area contributed by atoms with Crippen molar-refractivity contribution in [2.75, 3.05) is 12.4 Å². The summed E-state index contributed by atoms with van der Waals surface area (Å²) < 4.78 is 31.9. The zero-order chi connectivity index (χ0) is 16.0. The lowest BCUT2D eigenvalue weighted by Gasteiger charge is -2.30. The van der Waals surface area contributed by atoms with Crippen molar-refractivity contribution in [2.24, 2.45) is 0 Å². The van der Waals surface area contributed by atoms with E-state index < -0.39 is 23.1 Å². The third-order valence-electron chi connectivity index (χ3n) is 2.74. The Morgan fingerprint density at radius 1 is 1.43 bits per heavy atom. The molecule has 21 heavy (non-hydrogen) atoms. The van der Waals surface area contributed by atoms with Gasteiger partial charge in [0.2, 0.25) is 0 Å². The van der Waals surface area contributed by atoms with Crippen molar-refractivity contribution in [3.05, 3.63) is 29.8 Å². The molecule has 1 N–H and O–H groups in total. The molecule has 0 saturated heterocycles. The van der Waals surface area contributed by atoms with E-state index in [1.807, 2.05) is 13.8 Å². The van der Waals surface area contributed by atoms with E-state index in [0.29, 0.717) is 0 Å². The Bertz CT molecular complexity index is 497. The van der Waals surface area contributed by atoms with Crippen LogP contribution in [0.2, 0.25) is 0 Å². The van der Waals surface area contributed by atoms with Gasteiger partial charge in [0.15, 0.2) is 0 Å². The maximum absolute atomic E-state index is 13.6. The van der Waals surface area contributed by atoms with Gasteiger partial charge in [0.05, 0.1) is 6.61 Å². The predicted octanol–water partition coefficient (Wildman–Crippen LogP) is 3.38. The van der Waals surface area contributed by atoms with Crippen LogP contribution in [0.3, 0.4) is 0 Å². The highest BCUT2D eigenvalue weighted by atomic mass is 32.2. The molecule has 0 heterocycles. The molecule has 1 aromatic rings. The number of carbonyl (C=O) groups is 1. The Hall–Kier alpha value is -1.14. The molecule has 1 rings (SSSR count). The molecular formula is C15H21F2NO2S. The van der Waals surface area contributed by atoms with Crippen LogP contribution in [-0.4, -0.2) is 29.9 Å². The Morgan fingerprint density at radius 3 is 2.67 bits per heavy atom. The second-order valence-electron chi connectivity index (χ2n) is 5.22. The van der Waals surface area contributed by atoms with Gasteiger partial charge in [-0.1, -0.05) is 0 Å². The highest BCUT2D eigenvalue weighted by Crippen LogP contribution is 2.27. The van der Waals surface area contributed by atoms with E-state index in [1.54, 1.807) is 13.8 Å². The van der Waals surface area contributed by atoms with Gasteiger partial charge in [0.25, 0.3) is 0 Å². The molecule has 118 valence electrons. The average Bonchev–Trinajstić information content (AvgIpc) is 2.39. The number of hydrogen-bond acceptors (Lipinski definition) is 4. The van der Waals surface area contributed by atoms with Crippen LogP contribution >= 0.6 is 11.8 Å². The van der Waals surface area contributed by atoms with E-state index in [0.717, 1.165) is 30.0 Å². The van der Waals surface area contributed by atoms with Crippen LogP contribution in [0.15, 0.2) is 23.1 Å². The van der Waals surface area contributed by atoms with E-state index >= 15 is 0 Å². The van der Waals surface area contributed by atoms with E-state index in [9.17, 15) is 13.6 Å². The van der Waals surface area contributed by atoms with Crippen molar-refractivity contribution < 1.29 is 18.3 Å². The fourth-order valence-corrected chi connectivity index (χ4v) is 2.94. The summed E-state index contributed by atoms with van der Waals surface area (Å²) in [6.45, 7) is 7.52. The Labute approximate surface area is 128 Å². The molecule has 6 heteroatoms. The van der Waals surface area contributed by atoms with Crippen LogP contribution in [0.1, 0.15) is 27.7 Å². The van der Waals surface area contributed by atoms with Crippen LogP contribution in [0, 0.1) is 11.6 Å². The first-order chi connectivity index (χ1) is 9.78. The third-order valence-corrected chi connectivity index (χ3v) is 4.09. The fourth-order valence-electron chi connectivity index (χ4n) is 1.90. The van der Waals surface area contributed by atoms with Crippen LogP contribution in [0.25, 0.3) is 0 Å². The van der Waals surface area contributed by atoms with Gasteiger partial charge in [-0.15, -0.1) is 11.8 Å². The standard InChI is InChI=1S/C15H21F2NO2S/c1-5-20-14(19)15(4,18-10(2)3)9-21-13-8-11(16)6-7-12(13)17/h6-8,10,18H,5,9H2,1-4H3. The summed E-state index contributed by atoms with van der Waals surface area (Å²) in [5.74, 6) is -1.17. The SMILES string of the molecule is CCOC(=O)C(C)(CSc1cc(F)ccc1F)NC(C)C.